The standard InChI is InChI=1S/C23H27ClN4O/c1-27-21-10-7-18(24)15-20(21)26-22(27)11-12-23(29)25-19-8-5-17(6-9-19)16-28-13-3-2-4-14-28/h5-10,15H,2-4,11-14,16H2,1H3,(H,25,29). The van der Waals surface area contributed by atoms with Crippen LogP contribution in [0.1, 0.15) is 37.1 Å². The van der Waals surface area contributed by atoms with Gasteiger partial charge in [-0.1, -0.05) is 30.2 Å². The monoisotopic (exact) mass is 410 g/mol. The number of nitrogens with one attached hydrogen (secondary N) is 1. The lowest BCUT2D eigenvalue weighted by Crippen LogP contribution is -2.29. The summed E-state index contributed by atoms with van der Waals surface area (Å²) in [7, 11) is 1.97. The van der Waals surface area contributed by atoms with E-state index in [-0.39, 0.29) is 5.91 Å². The molecule has 3 aromatic rings. The molecular weight excluding hydrogens is 384 g/mol. The first kappa shape index (κ1) is 19.9. The highest BCUT2D eigenvalue weighted by atomic mass is 35.5. The number of hydrogen-bond donors (Lipinski definition) is 1. The van der Waals surface area contributed by atoms with Gasteiger partial charge in [0.05, 0.1) is 11.0 Å². The molecule has 5 nitrogen and oxygen atoms in total. The molecule has 1 N–H and O–H groups in total. The van der Waals surface area contributed by atoms with Crippen molar-refractivity contribution in [2.45, 2.75) is 38.6 Å². The number of carbonyl (C=O) groups excluding carboxylic acids is 1. The van der Waals surface area contributed by atoms with Crippen LogP contribution in [0.5, 0.6) is 0 Å². The van der Waals surface area contributed by atoms with Gasteiger partial charge in [0.15, 0.2) is 0 Å². The van der Waals surface area contributed by atoms with Gasteiger partial charge in [-0.2, -0.15) is 0 Å². The molecular formula is C23H27ClN4O. The van der Waals surface area contributed by atoms with Crippen molar-refractivity contribution in [2.75, 3.05) is 18.4 Å². The summed E-state index contributed by atoms with van der Waals surface area (Å²) in [6.45, 7) is 3.37. The Morgan fingerprint density at radius 2 is 1.86 bits per heavy atom. The topological polar surface area (TPSA) is 50.2 Å². The molecule has 0 atom stereocenters. The maximum Gasteiger partial charge on any atom is 0.224 e. The summed E-state index contributed by atoms with van der Waals surface area (Å²) >= 11 is 6.05. The molecule has 1 aliphatic heterocycles. The Balaban J connectivity index is 1.31. The second kappa shape index (κ2) is 8.97. The minimum absolute atomic E-state index is 0.00105. The van der Waals surface area contributed by atoms with E-state index in [4.69, 9.17) is 11.6 Å². The molecule has 1 aromatic heterocycles. The van der Waals surface area contributed by atoms with Crippen LogP contribution in [0.4, 0.5) is 5.69 Å². The Hall–Kier alpha value is -2.37. The van der Waals surface area contributed by atoms with E-state index in [1.165, 1.54) is 37.9 Å². The van der Waals surface area contributed by atoms with Crippen molar-refractivity contribution >= 4 is 34.2 Å². The van der Waals surface area contributed by atoms with Gasteiger partial charge in [0.25, 0.3) is 0 Å². The number of rotatable bonds is 6. The molecule has 0 saturated carbocycles. The highest BCUT2D eigenvalue weighted by Gasteiger charge is 2.12. The van der Waals surface area contributed by atoms with Crippen LogP contribution in [0.15, 0.2) is 42.5 Å². The van der Waals surface area contributed by atoms with E-state index < -0.39 is 0 Å². The molecule has 1 aliphatic rings. The van der Waals surface area contributed by atoms with Gasteiger partial charge in [0.1, 0.15) is 5.82 Å². The normalized spacial score (nSPS) is 15.0. The number of piperidine rings is 1. The highest BCUT2D eigenvalue weighted by molar-refractivity contribution is 6.31. The van der Waals surface area contributed by atoms with Crippen LogP contribution in [-0.2, 0) is 24.8 Å². The summed E-state index contributed by atoms with van der Waals surface area (Å²) in [5.41, 5.74) is 4.02. The molecule has 29 heavy (non-hydrogen) atoms. The molecule has 0 aliphatic carbocycles. The predicted octanol–water partition coefficient (Wildman–Crippen LogP) is 4.78. The molecule has 2 aromatic carbocycles. The van der Waals surface area contributed by atoms with E-state index in [2.05, 4.69) is 27.3 Å². The Labute approximate surface area is 176 Å². The van der Waals surface area contributed by atoms with Crippen molar-refractivity contribution in [3.8, 4) is 0 Å². The largest absolute Gasteiger partial charge is 0.331 e. The Morgan fingerprint density at radius 3 is 2.62 bits per heavy atom. The smallest absolute Gasteiger partial charge is 0.224 e. The number of carbonyl (C=O) groups is 1. The number of imidazole rings is 1. The van der Waals surface area contributed by atoms with E-state index in [0.29, 0.717) is 17.9 Å². The number of likely N-dealkylation sites (tertiary alicyclic amines) is 1. The Bertz CT molecular complexity index is 990. The lowest BCUT2D eigenvalue weighted by atomic mass is 10.1. The number of hydrogen-bond acceptors (Lipinski definition) is 3. The average molecular weight is 411 g/mol. The van der Waals surface area contributed by atoms with Gasteiger partial charge in [-0.25, -0.2) is 4.98 Å². The van der Waals surface area contributed by atoms with Crippen LogP contribution in [0.3, 0.4) is 0 Å². The molecule has 2 heterocycles. The van der Waals surface area contributed by atoms with Crippen LogP contribution in [0.2, 0.25) is 5.02 Å². The summed E-state index contributed by atoms with van der Waals surface area (Å²) < 4.78 is 2.02. The number of amides is 1. The third kappa shape index (κ3) is 4.98. The van der Waals surface area contributed by atoms with E-state index in [9.17, 15) is 4.79 Å². The van der Waals surface area contributed by atoms with E-state index in [1.807, 2.05) is 41.9 Å². The van der Waals surface area contributed by atoms with Gasteiger partial charge >= 0.3 is 0 Å². The summed E-state index contributed by atoms with van der Waals surface area (Å²) in [5, 5.41) is 3.66. The predicted molar refractivity (Wildman–Crippen MR) is 118 cm³/mol. The first-order valence-corrected chi connectivity index (χ1v) is 10.7. The third-order valence-electron chi connectivity index (χ3n) is 5.60. The molecule has 152 valence electrons. The van der Waals surface area contributed by atoms with Crippen molar-refractivity contribution < 1.29 is 4.79 Å². The van der Waals surface area contributed by atoms with E-state index >= 15 is 0 Å². The van der Waals surface area contributed by atoms with Crippen LogP contribution in [-0.4, -0.2) is 33.4 Å². The number of nitrogens with zero attached hydrogens (tertiary/aromatic N) is 3. The van der Waals surface area contributed by atoms with Crippen LogP contribution >= 0.6 is 11.6 Å². The molecule has 0 spiro atoms. The second-order valence-electron chi connectivity index (χ2n) is 7.80. The van der Waals surface area contributed by atoms with Crippen molar-refractivity contribution in [1.29, 1.82) is 0 Å². The maximum atomic E-state index is 12.4. The molecule has 1 fully saturated rings. The first-order chi connectivity index (χ1) is 14.1. The SMILES string of the molecule is Cn1c(CCC(=O)Nc2ccc(CN3CCCCC3)cc2)nc2cc(Cl)ccc21. The summed E-state index contributed by atoms with van der Waals surface area (Å²) in [6, 6.07) is 13.9. The third-order valence-corrected chi connectivity index (χ3v) is 5.84. The van der Waals surface area contributed by atoms with Crippen molar-refractivity contribution in [2.24, 2.45) is 7.05 Å². The van der Waals surface area contributed by atoms with E-state index in [0.717, 1.165) is 29.1 Å². The lowest BCUT2D eigenvalue weighted by Gasteiger charge is -2.26. The molecule has 0 bridgehead atoms. The number of halogens is 1. The summed E-state index contributed by atoms with van der Waals surface area (Å²) in [4.78, 5) is 19.5. The van der Waals surface area contributed by atoms with Crippen LogP contribution < -0.4 is 5.32 Å². The average Bonchev–Trinajstić information content (AvgIpc) is 3.03. The van der Waals surface area contributed by atoms with E-state index in [1.54, 1.807) is 0 Å². The molecule has 1 amide bonds. The van der Waals surface area contributed by atoms with Gasteiger partial charge in [0.2, 0.25) is 5.91 Å². The number of aryl methyl sites for hydroxylation is 2. The van der Waals surface area contributed by atoms with Gasteiger partial charge in [-0.05, 0) is 61.8 Å². The minimum atomic E-state index is -0.00105. The van der Waals surface area contributed by atoms with Gasteiger partial charge < -0.3 is 9.88 Å². The fourth-order valence-corrected chi connectivity index (χ4v) is 4.13. The summed E-state index contributed by atoms with van der Waals surface area (Å²) in [5.74, 6) is 0.883. The minimum Gasteiger partial charge on any atom is -0.331 e. The fourth-order valence-electron chi connectivity index (χ4n) is 3.96. The quantitative estimate of drug-likeness (QED) is 0.636. The number of fused-ring (bicyclic) bond motifs is 1. The van der Waals surface area contributed by atoms with Crippen LogP contribution in [0.25, 0.3) is 11.0 Å². The Kier molecular flexibility index (Phi) is 6.16. The second-order valence-corrected chi connectivity index (χ2v) is 8.24. The van der Waals surface area contributed by atoms with Gasteiger partial charge in [-0.15, -0.1) is 0 Å². The summed E-state index contributed by atoms with van der Waals surface area (Å²) in [6.07, 6.45) is 4.92. The van der Waals surface area contributed by atoms with Crippen molar-refractivity contribution in [3.05, 3.63) is 58.9 Å². The zero-order valence-electron chi connectivity index (χ0n) is 16.8. The number of benzene rings is 2. The fraction of sp³-hybridized carbons (Fsp3) is 0.391. The lowest BCUT2D eigenvalue weighted by molar-refractivity contribution is -0.116. The zero-order valence-corrected chi connectivity index (χ0v) is 17.6. The zero-order chi connectivity index (χ0) is 20.2. The molecule has 1 saturated heterocycles. The molecule has 4 rings (SSSR count). The number of anilines is 1. The maximum absolute atomic E-state index is 12.4. The van der Waals surface area contributed by atoms with Crippen molar-refractivity contribution in [3.63, 3.8) is 0 Å². The molecule has 0 unspecified atom stereocenters. The highest BCUT2D eigenvalue weighted by Crippen LogP contribution is 2.20. The molecule has 6 heteroatoms. The molecule has 0 radical (unpaired) electrons. The van der Waals surface area contributed by atoms with Gasteiger partial charge in [-0.3, -0.25) is 9.69 Å². The van der Waals surface area contributed by atoms with Crippen LogP contribution in [0, 0.1) is 0 Å². The van der Waals surface area contributed by atoms with Gasteiger partial charge in [0, 0.05) is 37.1 Å². The first-order valence-electron chi connectivity index (χ1n) is 10.3. The number of aromatic nitrogens is 2. The Morgan fingerprint density at radius 1 is 1.10 bits per heavy atom. The van der Waals surface area contributed by atoms with Crippen molar-refractivity contribution in [1.82, 2.24) is 14.5 Å².